The van der Waals surface area contributed by atoms with E-state index in [4.69, 9.17) is 5.11 Å². The molecule has 0 aliphatic rings. The average Bonchev–Trinajstić information content (AvgIpc) is 2.43. The number of aliphatic carboxylic acids is 1. The van der Waals surface area contributed by atoms with Gasteiger partial charge in [0.2, 0.25) is 5.60 Å². The third-order valence-electron chi connectivity index (χ3n) is 2.95. The number of halogens is 4. The number of hydrogen-bond donors (Lipinski definition) is 2. The Kier molecular flexibility index (Phi) is 3.69. The zero-order chi connectivity index (χ0) is 15.8. The molecular weight excluding hydrogens is 292 g/mol. The monoisotopic (exact) mass is 300 g/mol. The molecule has 0 radical (unpaired) electrons. The third kappa shape index (κ3) is 2.47. The Hall–Kier alpha value is -2.41. The van der Waals surface area contributed by atoms with Crippen LogP contribution in [0.3, 0.4) is 0 Å². The molecule has 2 aromatic rings. The Balaban J connectivity index is 2.80. The van der Waals surface area contributed by atoms with Gasteiger partial charge in [-0.05, 0) is 36.4 Å². The first-order valence-corrected chi connectivity index (χ1v) is 5.63. The molecule has 3 nitrogen and oxygen atoms in total. The molecule has 2 aromatic carbocycles. The summed E-state index contributed by atoms with van der Waals surface area (Å²) in [7, 11) is 0. The molecule has 0 aromatic heterocycles. The fourth-order valence-electron chi connectivity index (χ4n) is 1.93. The van der Waals surface area contributed by atoms with Crippen LogP contribution in [0, 0.1) is 23.3 Å². The lowest BCUT2D eigenvalue weighted by atomic mass is 9.85. The summed E-state index contributed by atoms with van der Waals surface area (Å²) >= 11 is 0. The Morgan fingerprint density at radius 1 is 0.857 bits per heavy atom. The van der Waals surface area contributed by atoms with Crippen molar-refractivity contribution < 1.29 is 32.6 Å². The maximum Gasteiger partial charge on any atom is 0.345 e. The molecule has 0 aliphatic carbocycles. The number of carboxylic acid groups (broad SMARTS) is 1. The van der Waals surface area contributed by atoms with Crippen LogP contribution in [0.5, 0.6) is 0 Å². The molecule has 0 unspecified atom stereocenters. The van der Waals surface area contributed by atoms with E-state index in [1.165, 1.54) is 0 Å². The number of carboxylic acids is 1. The molecule has 110 valence electrons. The maximum atomic E-state index is 13.7. The van der Waals surface area contributed by atoms with Gasteiger partial charge in [-0.2, -0.15) is 0 Å². The molecule has 21 heavy (non-hydrogen) atoms. The first-order valence-electron chi connectivity index (χ1n) is 5.63. The molecule has 0 saturated carbocycles. The Morgan fingerprint density at radius 3 is 1.57 bits per heavy atom. The van der Waals surface area contributed by atoms with Crippen LogP contribution in [0.2, 0.25) is 0 Å². The first-order chi connectivity index (χ1) is 9.76. The summed E-state index contributed by atoms with van der Waals surface area (Å²) in [5, 5.41) is 19.4. The number of rotatable bonds is 3. The summed E-state index contributed by atoms with van der Waals surface area (Å²) in [6.45, 7) is 0. The highest BCUT2D eigenvalue weighted by Crippen LogP contribution is 2.34. The highest BCUT2D eigenvalue weighted by molar-refractivity contribution is 5.83. The second kappa shape index (κ2) is 5.17. The summed E-state index contributed by atoms with van der Waals surface area (Å²) in [5.74, 6) is -6.70. The minimum absolute atomic E-state index is 0.411. The second-order valence-electron chi connectivity index (χ2n) is 4.26. The van der Waals surface area contributed by atoms with Crippen LogP contribution in [-0.2, 0) is 10.4 Å². The molecule has 0 amide bonds. The van der Waals surface area contributed by atoms with Gasteiger partial charge in [-0.3, -0.25) is 0 Å². The number of benzene rings is 2. The van der Waals surface area contributed by atoms with Crippen LogP contribution in [0.15, 0.2) is 36.4 Å². The van der Waals surface area contributed by atoms with E-state index in [0.717, 1.165) is 0 Å². The van der Waals surface area contributed by atoms with Crippen molar-refractivity contribution in [1.29, 1.82) is 0 Å². The van der Waals surface area contributed by atoms with Gasteiger partial charge in [0.05, 0.1) is 0 Å². The number of hydrogen-bond acceptors (Lipinski definition) is 2. The van der Waals surface area contributed by atoms with Crippen LogP contribution < -0.4 is 0 Å². The SMILES string of the molecule is O=C(O)C(O)(c1cc(F)ccc1F)c1cc(F)ccc1F. The van der Waals surface area contributed by atoms with Crippen molar-refractivity contribution in [3.05, 3.63) is 70.8 Å². The van der Waals surface area contributed by atoms with Crippen molar-refractivity contribution in [2.24, 2.45) is 0 Å². The molecule has 0 atom stereocenters. The summed E-state index contributed by atoms with van der Waals surface area (Å²) in [6, 6.07) is 3.37. The minimum Gasteiger partial charge on any atom is -0.479 e. The van der Waals surface area contributed by atoms with Crippen molar-refractivity contribution in [3.8, 4) is 0 Å². The highest BCUT2D eigenvalue weighted by Gasteiger charge is 2.44. The lowest BCUT2D eigenvalue weighted by molar-refractivity contribution is -0.155. The Morgan fingerprint density at radius 2 is 1.24 bits per heavy atom. The van der Waals surface area contributed by atoms with E-state index in [1.54, 1.807) is 0 Å². The first kappa shape index (κ1) is 15.0. The largest absolute Gasteiger partial charge is 0.479 e. The zero-order valence-electron chi connectivity index (χ0n) is 10.3. The Bertz CT molecular complexity index is 664. The topological polar surface area (TPSA) is 57.5 Å². The van der Waals surface area contributed by atoms with Crippen LogP contribution in [-0.4, -0.2) is 16.2 Å². The standard InChI is InChI=1S/C14H8F4O3/c15-7-1-3-11(17)9(5-7)14(21,13(19)20)10-6-8(16)2-4-12(10)18/h1-6,21H,(H,19,20). The smallest absolute Gasteiger partial charge is 0.345 e. The van der Waals surface area contributed by atoms with Crippen LogP contribution >= 0.6 is 0 Å². The number of carbonyl (C=O) groups is 1. The molecule has 0 fully saturated rings. The molecule has 0 saturated heterocycles. The van der Waals surface area contributed by atoms with Gasteiger partial charge in [0.1, 0.15) is 23.3 Å². The van der Waals surface area contributed by atoms with Crippen LogP contribution in [0.25, 0.3) is 0 Å². The average molecular weight is 300 g/mol. The van der Waals surface area contributed by atoms with E-state index in [9.17, 15) is 27.5 Å². The van der Waals surface area contributed by atoms with Gasteiger partial charge < -0.3 is 10.2 Å². The molecule has 7 heteroatoms. The molecule has 0 heterocycles. The van der Waals surface area contributed by atoms with E-state index >= 15 is 0 Å². The van der Waals surface area contributed by atoms with Gasteiger partial charge in [0, 0.05) is 11.1 Å². The van der Waals surface area contributed by atoms with Crippen molar-refractivity contribution >= 4 is 5.97 Å². The van der Waals surface area contributed by atoms with Crippen LogP contribution in [0.4, 0.5) is 17.6 Å². The summed E-state index contributed by atoms with van der Waals surface area (Å²) in [4.78, 5) is 11.3. The second-order valence-corrected chi connectivity index (χ2v) is 4.26. The molecular formula is C14H8F4O3. The van der Waals surface area contributed by atoms with Crippen molar-refractivity contribution in [2.75, 3.05) is 0 Å². The fraction of sp³-hybridized carbons (Fsp3) is 0.0714. The maximum absolute atomic E-state index is 13.7. The zero-order valence-corrected chi connectivity index (χ0v) is 10.3. The van der Waals surface area contributed by atoms with E-state index in [0.29, 0.717) is 36.4 Å². The van der Waals surface area contributed by atoms with Gasteiger partial charge in [-0.15, -0.1) is 0 Å². The van der Waals surface area contributed by atoms with Crippen LogP contribution in [0.1, 0.15) is 11.1 Å². The molecule has 0 spiro atoms. The van der Waals surface area contributed by atoms with E-state index in [-0.39, 0.29) is 0 Å². The Labute approximate surface area is 116 Å². The van der Waals surface area contributed by atoms with Gasteiger partial charge >= 0.3 is 5.97 Å². The summed E-state index contributed by atoms with van der Waals surface area (Å²) in [6.07, 6.45) is 0. The lowest BCUT2D eigenvalue weighted by Gasteiger charge is -2.25. The normalized spacial score (nSPS) is 11.5. The van der Waals surface area contributed by atoms with E-state index in [2.05, 4.69) is 0 Å². The fourth-order valence-corrected chi connectivity index (χ4v) is 1.93. The highest BCUT2D eigenvalue weighted by atomic mass is 19.1. The third-order valence-corrected chi connectivity index (χ3v) is 2.95. The predicted molar refractivity (Wildman–Crippen MR) is 63.4 cm³/mol. The lowest BCUT2D eigenvalue weighted by Crippen LogP contribution is -2.39. The molecule has 2 N–H and O–H groups in total. The van der Waals surface area contributed by atoms with E-state index < -0.39 is 46.0 Å². The van der Waals surface area contributed by atoms with Crippen molar-refractivity contribution in [1.82, 2.24) is 0 Å². The van der Waals surface area contributed by atoms with Gasteiger partial charge in [0.15, 0.2) is 0 Å². The molecule has 0 aliphatic heterocycles. The molecule has 2 rings (SSSR count). The van der Waals surface area contributed by atoms with Gasteiger partial charge in [-0.25, -0.2) is 22.4 Å². The number of aliphatic hydroxyl groups is 1. The van der Waals surface area contributed by atoms with Gasteiger partial charge in [0.25, 0.3) is 0 Å². The van der Waals surface area contributed by atoms with Crippen molar-refractivity contribution in [3.63, 3.8) is 0 Å². The van der Waals surface area contributed by atoms with Crippen molar-refractivity contribution in [2.45, 2.75) is 5.60 Å². The van der Waals surface area contributed by atoms with Gasteiger partial charge in [-0.1, -0.05) is 0 Å². The predicted octanol–water partition coefficient (Wildman–Crippen LogP) is 2.56. The summed E-state index contributed by atoms with van der Waals surface area (Å²) in [5.41, 5.74) is -5.32. The quantitative estimate of drug-likeness (QED) is 0.857. The summed E-state index contributed by atoms with van der Waals surface area (Å²) < 4.78 is 53.9. The minimum atomic E-state index is -3.27. The van der Waals surface area contributed by atoms with E-state index in [1.807, 2.05) is 0 Å². The molecule has 0 bridgehead atoms.